The molecule has 0 unspecified atom stereocenters. The molecule has 0 bridgehead atoms. The Balaban J connectivity index is 0. The first-order chi connectivity index (χ1) is 4.79. The molecule has 7 heteroatoms. The fourth-order valence-corrected chi connectivity index (χ4v) is 1.16. The summed E-state index contributed by atoms with van der Waals surface area (Å²) in [6.45, 7) is 3.95. The summed E-state index contributed by atoms with van der Waals surface area (Å²) >= 11 is 9.44. The van der Waals surface area contributed by atoms with Crippen molar-refractivity contribution in [2.75, 3.05) is 26.2 Å². The second-order valence-electron chi connectivity index (χ2n) is 2.14. The number of nitrogens with one attached hydrogen (secondary N) is 2. The molecule has 1 aliphatic rings. The maximum atomic E-state index is 4.72. The second-order valence-corrected chi connectivity index (χ2v) is 3.21. The van der Waals surface area contributed by atoms with Gasteiger partial charge in [-0.15, -0.1) is 0 Å². The Bertz CT molecular complexity index is 132. The van der Waals surface area contributed by atoms with E-state index in [-0.39, 0.29) is 56.9 Å². The molecule has 1 heterocycles. The van der Waals surface area contributed by atoms with Gasteiger partial charge in [-0.2, -0.15) is 0 Å². The minimum atomic E-state index is 0. The SMILES string of the molecule is O.S=C([S-])NN1CCNCC1.[K+]. The van der Waals surface area contributed by atoms with E-state index >= 15 is 0 Å². The van der Waals surface area contributed by atoms with Crippen molar-refractivity contribution in [1.29, 1.82) is 0 Å². The van der Waals surface area contributed by atoms with E-state index in [2.05, 4.69) is 10.7 Å². The van der Waals surface area contributed by atoms with Crippen molar-refractivity contribution in [2.24, 2.45) is 0 Å². The van der Waals surface area contributed by atoms with Gasteiger partial charge in [0, 0.05) is 26.2 Å². The summed E-state index contributed by atoms with van der Waals surface area (Å²) in [5.41, 5.74) is 2.92. The van der Waals surface area contributed by atoms with E-state index in [1.807, 2.05) is 5.01 Å². The molecule has 1 fully saturated rings. The first-order valence-electron chi connectivity index (χ1n) is 3.22. The molecule has 0 spiro atoms. The molecule has 0 aliphatic carbocycles. The molecule has 1 saturated heterocycles. The summed E-state index contributed by atoms with van der Waals surface area (Å²) in [6.07, 6.45) is 0. The Labute approximate surface area is 126 Å². The molecule has 1 rings (SSSR count). The predicted octanol–water partition coefficient (Wildman–Crippen LogP) is -4.59. The minimum Gasteiger partial charge on any atom is -0.412 e. The number of hydrogen-bond donors (Lipinski definition) is 2. The molecule has 0 atom stereocenters. The van der Waals surface area contributed by atoms with E-state index in [9.17, 15) is 0 Å². The molecular weight excluding hydrogens is 221 g/mol. The third-order valence-electron chi connectivity index (χ3n) is 1.37. The van der Waals surface area contributed by atoms with Crippen LogP contribution in [0.2, 0.25) is 0 Å². The predicted molar refractivity (Wildman–Crippen MR) is 51.2 cm³/mol. The average molecular weight is 233 g/mol. The van der Waals surface area contributed by atoms with Gasteiger partial charge in [0.15, 0.2) is 0 Å². The smallest absolute Gasteiger partial charge is 0.412 e. The molecule has 0 amide bonds. The summed E-state index contributed by atoms with van der Waals surface area (Å²) in [7, 11) is 0. The van der Waals surface area contributed by atoms with Crippen molar-refractivity contribution in [1.82, 2.24) is 15.8 Å². The van der Waals surface area contributed by atoms with E-state index in [0.717, 1.165) is 26.2 Å². The molecule has 4 N–H and O–H groups in total. The summed E-state index contributed by atoms with van der Waals surface area (Å²) in [5.74, 6) is 0. The molecule has 0 aromatic heterocycles. The van der Waals surface area contributed by atoms with E-state index in [0.29, 0.717) is 4.32 Å². The summed E-state index contributed by atoms with van der Waals surface area (Å²) in [5, 5.41) is 5.26. The van der Waals surface area contributed by atoms with Crippen LogP contribution >= 0.6 is 12.2 Å². The second kappa shape index (κ2) is 9.19. The maximum absolute atomic E-state index is 4.72. The van der Waals surface area contributed by atoms with Gasteiger partial charge < -0.3 is 41.1 Å². The van der Waals surface area contributed by atoms with Gasteiger partial charge in [0.25, 0.3) is 0 Å². The third kappa shape index (κ3) is 7.07. The van der Waals surface area contributed by atoms with Crippen molar-refractivity contribution < 1.29 is 56.9 Å². The van der Waals surface area contributed by atoms with Gasteiger partial charge in [0.1, 0.15) is 0 Å². The summed E-state index contributed by atoms with van der Waals surface area (Å²) in [4.78, 5) is 0. The van der Waals surface area contributed by atoms with E-state index < -0.39 is 0 Å². The quantitative estimate of drug-likeness (QED) is 0.271. The molecule has 0 saturated carbocycles. The van der Waals surface area contributed by atoms with E-state index in [1.165, 1.54) is 0 Å². The van der Waals surface area contributed by atoms with Crippen LogP contribution in [0.4, 0.5) is 0 Å². The Hall–Kier alpha value is 1.63. The Morgan fingerprint density at radius 2 is 1.92 bits per heavy atom. The van der Waals surface area contributed by atoms with Crippen LogP contribution in [0.5, 0.6) is 0 Å². The number of piperazine rings is 1. The molecule has 0 radical (unpaired) electrons. The number of thiocarbonyl (C=S) groups is 1. The van der Waals surface area contributed by atoms with Crippen molar-refractivity contribution in [3.63, 3.8) is 0 Å². The van der Waals surface area contributed by atoms with Gasteiger partial charge in [-0.3, -0.25) is 0 Å². The molecule has 0 aromatic rings. The van der Waals surface area contributed by atoms with Crippen molar-refractivity contribution >= 4 is 29.2 Å². The standard InChI is InChI=1S/C5H11N3S2.K.H2O/c9-5(10)7-8-3-1-6-2-4-8;;/h6H,1-4H2,(H2,7,9,10);;1H2/q;+1;/p-1. The number of nitrogens with zero attached hydrogens (tertiary/aromatic N) is 1. The Morgan fingerprint density at radius 3 is 2.33 bits per heavy atom. The van der Waals surface area contributed by atoms with Crippen LogP contribution < -0.4 is 62.1 Å². The number of hydrazine groups is 1. The van der Waals surface area contributed by atoms with Crippen LogP contribution in [-0.4, -0.2) is 41.0 Å². The topological polar surface area (TPSA) is 58.8 Å². The molecule has 0 aromatic carbocycles. The van der Waals surface area contributed by atoms with Crippen LogP contribution in [0.15, 0.2) is 0 Å². The van der Waals surface area contributed by atoms with Crippen LogP contribution in [0.25, 0.3) is 0 Å². The molecule has 12 heavy (non-hydrogen) atoms. The first-order valence-corrected chi connectivity index (χ1v) is 4.04. The van der Waals surface area contributed by atoms with Crippen molar-refractivity contribution in [3.8, 4) is 0 Å². The largest absolute Gasteiger partial charge is 1.00 e. The molecule has 4 nitrogen and oxygen atoms in total. The van der Waals surface area contributed by atoms with Gasteiger partial charge in [0.2, 0.25) is 0 Å². The Morgan fingerprint density at radius 1 is 1.42 bits per heavy atom. The Kier molecular flexibility index (Phi) is 12.3. The van der Waals surface area contributed by atoms with Crippen LogP contribution in [0.3, 0.4) is 0 Å². The number of hydrogen-bond acceptors (Lipinski definition) is 4. The van der Waals surface area contributed by atoms with Crippen LogP contribution in [0.1, 0.15) is 0 Å². The maximum Gasteiger partial charge on any atom is 1.00 e. The third-order valence-corrected chi connectivity index (χ3v) is 1.55. The normalized spacial score (nSPS) is 17.0. The molecule has 1 aliphatic heterocycles. The van der Waals surface area contributed by atoms with Gasteiger partial charge in [-0.1, -0.05) is 0 Å². The molecule has 66 valence electrons. The fraction of sp³-hybridized carbons (Fsp3) is 0.800. The van der Waals surface area contributed by atoms with Gasteiger partial charge in [-0.05, 0) is 4.32 Å². The van der Waals surface area contributed by atoms with Crippen LogP contribution in [-0.2, 0) is 12.6 Å². The van der Waals surface area contributed by atoms with Gasteiger partial charge in [0.05, 0.1) is 0 Å². The summed E-state index contributed by atoms with van der Waals surface area (Å²) in [6, 6.07) is 0. The first kappa shape index (κ1) is 16.1. The van der Waals surface area contributed by atoms with E-state index in [1.54, 1.807) is 0 Å². The zero-order chi connectivity index (χ0) is 7.40. The van der Waals surface area contributed by atoms with Crippen LogP contribution in [0, 0.1) is 0 Å². The minimum absolute atomic E-state index is 0. The summed E-state index contributed by atoms with van der Waals surface area (Å²) < 4.78 is 0.432. The van der Waals surface area contributed by atoms with Crippen molar-refractivity contribution in [3.05, 3.63) is 0 Å². The van der Waals surface area contributed by atoms with Crippen molar-refractivity contribution in [2.45, 2.75) is 0 Å². The average Bonchev–Trinajstić information content (AvgIpc) is 1.88. The van der Waals surface area contributed by atoms with Gasteiger partial charge >= 0.3 is 51.4 Å². The zero-order valence-electron chi connectivity index (χ0n) is 7.09. The number of rotatable bonds is 1. The fourth-order valence-electron chi connectivity index (χ4n) is 0.906. The monoisotopic (exact) mass is 233 g/mol. The zero-order valence-corrected chi connectivity index (χ0v) is 11.8. The van der Waals surface area contributed by atoms with E-state index in [4.69, 9.17) is 24.8 Å². The molecular formula is C5H12KN3OS2. The van der Waals surface area contributed by atoms with Gasteiger partial charge in [-0.25, -0.2) is 5.01 Å².